The summed E-state index contributed by atoms with van der Waals surface area (Å²) in [5.41, 5.74) is 0.973. The second-order valence-electron chi connectivity index (χ2n) is 3.80. The van der Waals surface area contributed by atoms with Crippen LogP contribution in [0.15, 0.2) is 36.5 Å². The molecule has 0 aliphatic heterocycles. The zero-order chi connectivity index (χ0) is 13.1. The van der Waals surface area contributed by atoms with Gasteiger partial charge in [-0.05, 0) is 18.2 Å². The molecule has 18 heavy (non-hydrogen) atoms. The zero-order valence-electron chi connectivity index (χ0n) is 9.77. The molecule has 0 aliphatic rings. The Morgan fingerprint density at radius 3 is 2.78 bits per heavy atom. The van der Waals surface area contributed by atoms with Crippen LogP contribution in [-0.4, -0.2) is 17.1 Å². The summed E-state index contributed by atoms with van der Waals surface area (Å²) < 4.78 is 13.6. The highest BCUT2D eigenvalue weighted by Crippen LogP contribution is 2.27. The number of benzene rings is 1. The molecule has 0 saturated carbocycles. The van der Waals surface area contributed by atoms with E-state index in [4.69, 9.17) is 16.7 Å². The Hall–Kier alpha value is -1.65. The fraction of sp³-hybridized carbons (Fsp3) is 0.154. The quantitative estimate of drug-likeness (QED) is 0.927. The largest absolute Gasteiger partial charge is 0.392 e. The van der Waals surface area contributed by atoms with Gasteiger partial charge in [-0.3, -0.25) is 0 Å². The molecule has 1 aromatic carbocycles. The van der Waals surface area contributed by atoms with E-state index in [2.05, 4.69) is 4.98 Å². The second kappa shape index (κ2) is 5.33. The van der Waals surface area contributed by atoms with Crippen molar-refractivity contribution >= 4 is 23.1 Å². The SMILES string of the molecule is CN(c1cc(CO)c(Cl)cn1)c1ccccc1F. The van der Waals surface area contributed by atoms with E-state index in [1.807, 2.05) is 0 Å². The third-order valence-electron chi connectivity index (χ3n) is 2.65. The number of aromatic nitrogens is 1. The number of anilines is 2. The Balaban J connectivity index is 2.40. The van der Waals surface area contributed by atoms with Gasteiger partial charge in [-0.2, -0.15) is 0 Å². The van der Waals surface area contributed by atoms with Crippen LogP contribution in [0.2, 0.25) is 5.02 Å². The molecule has 0 radical (unpaired) electrons. The van der Waals surface area contributed by atoms with Crippen LogP contribution < -0.4 is 4.90 Å². The number of rotatable bonds is 3. The predicted molar refractivity (Wildman–Crippen MR) is 69.6 cm³/mol. The molecule has 0 bridgehead atoms. The maximum absolute atomic E-state index is 13.6. The molecular formula is C13H12ClFN2O. The van der Waals surface area contributed by atoms with Gasteiger partial charge in [0, 0.05) is 18.8 Å². The second-order valence-corrected chi connectivity index (χ2v) is 4.21. The van der Waals surface area contributed by atoms with Crippen molar-refractivity contribution in [3.63, 3.8) is 0 Å². The highest BCUT2D eigenvalue weighted by atomic mass is 35.5. The highest BCUT2D eigenvalue weighted by molar-refractivity contribution is 6.31. The Morgan fingerprint density at radius 1 is 1.39 bits per heavy atom. The van der Waals surface area contributed by atoms with Crippen molar-refractivity contribution in [3.05, 3.63) is 52.9 Å². The van der Waals surface area contributed by atoms with Crippen LogP contribution >= 0.6 is 11.6 Å². The molecule has 5 heteroatoms. The Labute approximate surface area is 109 Å². The smallest absolute Gasteiger partial charge is 0.146 e. The van der Waals surface area contributed by atoms with Gasteiger partial charge < -0.3 is 10.0 Å². The van der Waals surface area contributed by atoms with E-state index >= 15 is 0 Å². The number of hydrogen-bond acceptors (Lipinski definition) is 3. The number of aliphatic hydroxyl groups is 1. The maximum atomic E-state index is 13.6. The number of aliphatic hydroxyl groups excluding tert-OH is 1. The van der Waals surface area contributed by atoms with Crippen LogP contribution in [0.4, 0.5) is 15.9 Å². The Morgan fingerprint density at radius 2 is 2.11 bits per heavy atom. The first-order valence-electron chi connectivity index (χ1n) is 5.37. The van der Waals surface area contributed by atoms with Gasteiger partial charge >= 0.3 is 0 Å². The molecule has 3 nitrogen and oxygen atoms in total. The lowest BCUT2D eigenvalue weighted by atomic mass is 10.2. The molecule has 2 aromatic rings. The summed E-state index contributed by atoms with van der Waals surface area (Å²) in [6, 6.07) is 8.05. The summed E-state index contributed by atoms with van der Waals surface area (Å²) in [5.74, 6) is 0.191. The van der Waals surface area contributed by atoms with Crippen LogP contribution in [-0.2, 0) is 6.61 Å². The number of para-hydroxylation sites is 1. The fourth-order valence-corrected chi connectivity index (χ4v) is 1.78. The molecule has 1 N–H and O–H groups in total. The topological polar surface area (TPSA) is 36.4 Å². The summed E-state index contributed by atoms with van der Waals surface area (Å²) in [6.45, 7) is -0.181. The molecule has 0 amide bonds. The summed E-state index contributed by atoms with van der Waals surface area (Å²) in [5, 5.41) is 9.54. The van der Waals surface area contributed by atoms with Gasteiger partial charge in [0.1, 0.15) is 11.6 Å². The predicted octanol–water partition coefficient (Wildman–Crippen LogP) is 3.13. The molecule has 94 valence electrons. The van der Waals surface area contributed by atoms with Crippen molar-refractivity contribution in [1.29, 1.82) is 0 Å². The van der Waals surface area contributed by atoms with Crippen molar-refractivity contribution in [1.82, 2.24) is 4.98 Å². The van der Waals surface area contributed by atoms with E-state index in [0.29, 0.717) is 22.1 Å². The number of hydrogen-bond donors (Lipinski definition) is 1. The van der Waals surface area contributed by atoms with Crippen LogP contribution in [0.25, 0.3) is 0 Å². The van der Waals surface area contributed by atoms with Gasteiger partial charge in [0.2, 0.25) is 0 Å². The van der Waals surface area contributed by atoms with Crippen LogP contribution in [0.5, 0.6) is 0 Å². The standard InChI is InChI=1S/C13H12ClFN2O/c1-17(12-5-3-2-4-11(12)15)13-6-9(8-18)10(14)7-16-13/h2-7,18H,8H2,1H3. The third kappa shape index (κ3) is 2.44. The van der Waals surface area contributed by atoms with E-state index in [-0.39, 0.29) is 12.4 Å². The summed E-state index contributed by atoms with van der Waals surface area (Å²) in [6.07, 6.45) is 1.44. The van der Waals surface area contributed by atoms with Gasteiger partial charge in [0.25, 0.3) is 0 Å². The van der Waals surface area contributed by atoms with E-state index in [1.54, 1.807) is 36.2 Å². The molecule has 0 fully saturated rings. The minimum absolute atomic E-state index is 0.181. The number of nitrogens with zero attached hydrogens (tertiary/aromatic N) is 2. The van der Waals surface area contributed by atoms with Crippen LogP contribution in [0.3, 0.4) is 0 Å². The van der Waals surface area contributed by atoms with Crippen molar-refractivity contribution in [2.24, 2.45) is 0 Å². The minimum atomic E-state index is -0.331. The molecule has 2 rings (SSSR count). The van der Waals surface area contributed by atoms with E-state index in [9.17, 15) is 4.39 Å². The Kier molecular flexibility index (Phi) is 3.79. The monoisotopic (exact) mass is 266 g/mol. The first-order valence-corrected chi connectivity index (χ1v) is 5.75. The van der Waals surface area contributed by atoms with Crippen molar-refractivity contribution in [2.45, 2.75) is 6.61 Å². The minimum Gasteiger partial charge on any atom is -0.392 e. The summed E-state index contributed by atoms with van der Waals surface area (Å²) in [7, 11) is 1.70. The van der Waals surface area contributed by atoms with E-state index in [1.165, 1.54) is 12.3 Å². The highest BCUT2D eigenvalue weighted by Gasteiger charge is 2.11. The summed E-state index contributed by atoms with van der Waals surface area (Å²) in [4.78, 5) is 5.72. The molecule has 0 unspecified atom stereocenters. The van der Waals surface area contributed by atoms with Crippen molar-refractivity contribution in [2.75, 3.05) is 11.9 Å². The van der Waals surface area contributed by atoms with Gasteiger partial charge in [-0.1, -0.05) is 23.7 Å². The first-order chi connectivity index (χ1) is 8.63. The summed E-state index contributed by atoms with van der Waals surface area (Å²) >= 11 is 5.86. The average Bonchev–Trinajstić information content (AvgIpc) is 2.39. The van der Waals surface area contributed by atoms with E-state index < -0.39 is 0 Å². The van der Waals surface area contributed by atoms with Gasteiger partial charge in [0.15, 0.2) is 0 Å². The van der Waals surface area contributed by atoms with Gasteiger partial charge in [0.05, 0.1) is 17.3 Å². The number of halogens is 2. The lowest BCUT2D eigenvalue weighted by molar-refractivity contribution is 0.282. The average molecular weight is 267 g/mol. The van der Waals surface area contributed by atoms with E-state index in [0.717, 1.165) is 0 Å². The molecule has 1 heterocycles. The Bertz CT molecular complexity index is 562. The van der Waals surface area contributed by atoms with Crippen molar-refractivity contribution < 1.29 is 9.50 Å². The normalized spacial score (nSPS) is 10.4. The third-order valence-corrected chi connectivity index (χ3v) is 2.99. The van der Waals surface area contributed by atoms with Gasteiger partial charge in [-0.25, -0.2) is 9.37 Å². The van der Waals surface area contributed by atoms with Crippen molar-refractivity contribution in [3.8, 4) is 0 Å². The lowest BCUT2D eigenvalue weighted by Gasteiger charge is -2.19. The first kappa shape index (κ1) is 12.8. The molecule has 0 atom stereocenters. The maximum Gasteiger partial charge on any atom is 0.146 e. The molecule has 1 aromatic heterocycles. The molecule has 0 aliphatic carbocycles. The van der Waals surface area contributed by atoms with Crippen LogP contribution in [0.1, 0.15) is 5.56 Å². The fourth-order valence-electron chi connectivity index (χ4n) is 1.62. The zero-order valence-corrected chi connectivity index (χ0v) is 10.5. The lowest BCUT2D eigenvalue weighted by Crippen LogP contribution is -2.13. The molecule has 0 saturated heterocycles. The van der Waals surface area contributed by atoms with Gasteiger partial charge in [-0.15, -0.1) is 0 Å². The van der Waals surface area contributed by atoms with Crippen LogP contribution in [0, 0.1) is 5.82 Å². The number of pyridine rings is 1. The molecular weight excluding hydrogens is 255 g/mol. The molecule has 0 spiro atoms.